The van der Waals surface area contributed by atoms with Crippen LogP contribution in [0.4, 0.5) is 0 Å². The lowest BCUT2D eigenvalue weighted by atomic mass is 9.99. The molecule has 0 saturated heterocycles. The first-order valence-electron chi connectivity index (χ1n) is 9.63. The summed E-state index contributed by atoms with van der Waals surface area (Å²) in [5.74, 6) is -0.0478. The molecule has 4 rings (SSSR count). The summed E-state index contributed by atoms with van der Waals surface area (Å²) in [6.45, 7) is 2.11. The molecule has 0 N–H and O–H groups in total. The number of carbonyl (C=O) groups excluding carboxylic acids is 1. The summed E-state index contributed by atoms with van der Waals surface area (Å²) in [6.07, 6.45) is 3.01. The molecule has 3 aromatic carbocycles. The molecule has 0 unspecified atom stereocenters. The summed E-state index contributed by atoms with van der Waals surface area (Å²) in [5, 5.41) is 1.20. The number of fused-ring (bicyclic) bond motifs is 1. The second kappa shape index (κ2) is 8.62. The third kappa shape index (κ3) is 4.23. The molecule has 1 heterocycles. The molecule has 0 bridgehead atoms. The largest absolute Gasteiger partial charge is 0.458 e. The Morgan fingerprint density at radius 2 is 1.63 bits per heavy atom. The third-order valence-corrected chi connectivity index (χ3v) is 4.77. The van der Waals surface area contributed by atoms with Crippen LogP contribution in [-0.2, 0) is 16.1 Å². The second-order valence-electron chi connectivity index (χ2n) is 6.97. The molecule has 0 radical (unpaired) electrons. The summed E-state index contributed by atoms with van der Waals surface area (Å²) < 4.78 is 11.0. The molecule has 1 aromatic heterocycles. The maximum absolute atomic E-state index is 12.6. The lowest BCUT2D eigenvalue weighted by Crippen LogP contribution is -2.04. The Hall–Kier alpha value is -3.92. The van der Waals surface area contributed by atoms with Gasteiger partial charge in [-0.25, -0.2) is 9.59 Å². The van der Waals surface area contributed by atoms with E-state index in [1.165, 1.54) is 6.08 Å². The van der Waals surface area contributed by atoms with E-state index < -0.39 is 11.6 Å². The molecule has 0 amide bonds. The summed E-state index contributed by atoms with van der Waals surface area (Å²) in [6, 6.07) is 24.5. The van der Waals surface area contributed by atoms with E-state index in [-0.39, 0.29) is 6.61 Å². The molecule has 0 saturated carbocycles. The smallest absolute Gasteiger partial charge is 0.344 e. The molecule has 30 heavy (non-hydrogen) atoms. The van der Waals surface area contributed by atoms with Crippen LogP contribution in [0.1, 0.15) is 16.7 Å². The average Bonchev–Trinajstić information content (AvgIpc) is 2.78. The van der Waals surface area contributed by atoms with E-state index in [4.69, 9.17) is 9.15 Å². The minimum Gasteiger partial charge on any atom is -0.458 e. The number of hydrogen-bond donors (Lipinski definition) is 0. The number of esters is 1. The highest BCUT2D eigenvalue weighted by Crippen LogP contribution is 2.30. The number of aryl methyl sites for hydroxylation is 1. The molecule has 0 aliphatic rings. The van der Waals surface area contributed by atoms with Crippen molar-refractivity contribution in [3.8, 4) is 11.3 Å². The van der Waals surface area contributed by atoms with Gasteiger partial charge in [0.25, 0.3) is 0 Å². The Labute approximate surface area is 174 Å². The predicted octanol–water partition coefficient (Wildman–Crippen LogP) is 5.53. The van der Waals surface area contributed by atoms with Crippen molar-refractivity contribution in [2.75, 3.05) is 0 Å². The topological polar surface area (TPSA) is 56.5 Å². The van der Waals surface area contributed by atoms with Gasteiger partial charge < -0.3 is 9.15 Å². The second-order valence-corrected chi connectivity index (χ2v) is 6.97. The Bertz CT molecular complexity index is 1270. The van der Waals surface area contributed by atoms with Crippen molar-refractivity contribution in [1.29, 1.82) is 0 Å². The van der Waals surface area contributed by atoms with Crippen molar-refractivity contribution >= 4 is 22.8 Å². The number of benzene rings is 3. The molecule has 0 aliphatic carbocycles. The van der Waals surface area contributed by atoms with Gasteiger partial charge in [0.1, 0.15) is 12.4 Å². The fourth-order valence-corrected chi connectivity index (χ4v) is 3.28. The third-order valence-electron chi connectivity index (χ3n) is 4.77. The highest BCUT2D eigenvalue weighted by Gasteiger charge is 2.14. The van der Waals surface area contributed by atoms with Crippen LogP contribution in [0.15, 0.2) is 94.2 Å². The minimum absolute atomic E-state index is 0.194. The number of hydrogen-bond acceptors (Lipinski definition) is 4. The summed E-state index contributed by atoms with van der Waals surface area (Å²) in [5.41, 5.74) is 2.88. The van der Waals surface area contributed by atoms with Gasteiger partial charge in [-0.3, -0.25) is 0 Å². The van der Waals surface area contributed by atoms with Crippen LogP contribution in [0.25, 0.3) is 28.2 Å². The van der Waals surface area contributed by atoms with E-state index in [1.807, 2.05) is 79.7 Å². The fraction of sp³-hybridized carbons (Fsp3) is 0.0769. The first-order valence-corrected chi connectivity index (χ1v) is 9.63. The first-order chi connectivity index (χ1) is 14.6. The molecule has 0 spiro atoms. The van der Waals surface area contributed by atoms with E-state index in [2.05, 4.69) is 0 Å². The van der Waals surface area contributed by atoms with E-state index in [0.29, 0.717) is 16.7 Å². The van der Waals surface area contributed by atoms with Crippen LogP contribution >= 0.6 is 0 Å². The average molecular weight is 396 g/mol. The van der Waals surface area contributed by atoms with Crippen molar-refractivity contribution in [2.45, 2.75) is 13.5 Å². The maximum Gasteiger partial charge on any atom is 0.344 e. The zero-order valence-electron chi connectivity index (χ0n) is 16.5. The molecule has 148 valence electrons. The molecular formula is C26H20O4. The van der Waals surface area contributed by atoms with Gasteiger partial charge in [-0.2, -0.15) is 0 Å². The quantitative estimate of drug-likeness (QED) is 0.329. The van der Waals surface area contributed by atoms with Gasteiger partial charge in [0.05, 0.1) is 5.39 Å². The van der Waals surface area contributed by atoms with E-state index in [9.17, 15) is 9.59 Å². The Kier molecular flexibility index (Phi) is 5.57. The lowest BCUT2D eigenvalue weighted by Gasteiger charge is -2.09. The van der Waals surface area contributed by atoms with E-state index >= 15 is 0 Å². The Balaban J connectivity index is 1.72. The van der Waals surface area contributed by atoms with Crippen LogP contribution in [0.3, 0.4) is 0 Å². The predicted molar refractivity (Wildman–Crippen MR) is 118 cm³/mol. The van der Waals surface area contributed by atoms with Crippen molar-refractivity contribution < 1.29 is 13.9 Å². The highest BCUT2D eigenvalue weighted by molar-refractivity contribution is 5.98. The lowest BCUT2D eigenvalue weighted by molar-refractivity contribution is -0.138. The van der Waals surface area contributed by atoms with E-state index in [0.717, 1.165) is 22.1 Å². The molecular weight excluding hydrogens is 376 g/mol. The Morgan fingerprint density at radius 3 is 2.37 bits per heavy atom. The van der Waals surface area contributed by atoms with Crippen molar-refractivity contribution in [3.63, 3.8) is 0 Å². The zero-order valence-corrected chi connectivity index (χ0v) is 16.5. The summed E-state index contributed by atoms with van der Waals surface area (Å²) >= 11 is 0. The molecule has 0 fully saturated rings. The molecule has 4 nitrogen and oxygen atoms in total. The highest BCUT2D eigenvalue weighted by atomic mass is 16.5. The van der Waals surface area contributed by atoms with Gasteiger partial charge in [0, 0.05) is 17.2 Å². The molecule has 4 heteroatoms. The van der Waals surface area contributed by atoms with Crippen LogP contribution in [0.2, 0.25) is 0 Å². The first kappa shape index (κ1) is 19.4. The van der Waals surface area contributed by atoms with Crippen LogP contribution < -0.4 is 5.63 Å². The van der Waals surface area contributed by atoms with Crippen molar-refractivity contribution in [1.82, 2.24) is 0 Å². The monoisotopic (exact) mass is 396 g/mol. The molecule has 4 aromatic rings. The number of carbonyl (C=O) groups is 1. The van der Waals surface area contributed by atoms with Gasteiger partial charge in [-0.15, -0.1) is 0 Å². The van der Waals surface area contributed by atoms with Crippen LogP contribution in [-0.4, -0.2) is 5.97 Å². The van der Waals surface area contributed by atoms with Crippen molar-refractivity contribution in [2.24, 2.45) is 0 Å². The molecule has 0 atom stereocenters. The summed E-state index contributed by atoms with van der Waals surface area (Å²) in [7, 11) is 0. The Morgan fingerprint density at radius 1 is 0.933 bits per heavy atom. The standard InChI is InChI=1S/C26H20O4/c1-18-12-13-21-22(14-15-24(27)29-17-19-8-4-2-5-9-19)25(20-10-6-3-7-11-20)30-26(28)23(21)16-18/h2-16H,17H2,1H3/b15-14+. The van der Waals surface area contributed by atoms with E-state index in [1.54, 1.807) is 12.1 Å². The van der Waals surface area contributed by atoms with Crippen LogP contribution in [0.5, 0.6) is 0 Å². The SMILES string of the molecule is Cc1ccc2c(/C=C/C(=O)OCc3ccccc3)c(-c3ccccc3)oc(=O)c2c1. The van der Waals surface area contributed by atoms with Gasteiger partial charge in [0.2, 0.25) is 0 Å². The normalized spacial score (nSPS) is 11.1. The van der Waals surface area contributed by atoms with Gasteiger partial charge in [0.15, 0.2) is 0 Å². The van der Waals surface area contributed by atoms with Gasteiger partial charge >= 0.3 is 11.6 Å². The van der Waals surface area contributed by atoms with Gasteiger partial charge in [-0.1, -0.05) is 78.4 Å². The number of ether oxygens (including phenoxy) is 1. The van der Waals surface area contributed by atoms with Crippen LogP contribution in [0, 0.1) is 6.92 Å². The molecule has 0 aliphatic heterocycles. The maximum atomic E-state index is 12.6. The zero-order chi connectivity index (χ0) is 20.9. The number of rotatable bonds is 5. The van der Waals surface area contributed by atoms with Crippen molar-refractivity contribution in [3.05, 3.63) is 112 Å². The fourth-order valence-electron chi connectivity index (χ4n) is 3.28. The summed E-state index contributed by atoms with van der Waals surface area (Å²) in [4.78, 5) is 24.9. The van der Waals surface area contributed by atoms with Gasteiger partial charge in [-0.05, 0) is 30.0 Å². The minimum atomic E-state index is -0.468.